The average molecular weight is 1040 g/mol. The summed E-state index contributed by atoms with van der Waals surface area (Å²) in [5.41, 5.74) is 15.9. The molecule has 16 rings (SSSR count). The molecule has 2 aromatic heterocycles. The SMILES string of the molecule is c1ccc(-c2cc3c(c(-c4c5c(cc(-c6ccccc6)c4-p4oc6ccc7ccccc7c6c6c(ccc7ccccc76)o4)CCCC5)c2-p2oc4ccc5ccccc5c4c4c(ccc5ccccc54)o2)CCCC3)cc1. The third-order valence-electron chi connectivity index (χ3n) is 16.8. The molecule has 0 unspecified atom stereocenters. The van der Waals surface area contributed by atoms with Gasteiger partial charge in [-0.3, -0.25) is 0 Å². The van der Waals surface area contributed by atoms with Crippen molar-refractivity contribution in [2.45, 2.75) is 51.4 Å². The van der Waals surface area contributed by atoms with Crippen molar-refractivity contribution in [1.82, 2.24) is 0 Å². The zero-order chi connectivity index (χ0) is 51.3. The van der Waals surface area contributed by atoms with Gasteiger partial charge >= 0.3 is 0 Å². The third-order valence-corrected chi connectivity index (χ3v) is 19.9. The number of hydrogen-bond acceptors (Lipinski definition) is 4. The summed E-state index contributed by atoms with van der Waals surface area (Å²) >= 11 is 0. The molecule has 14 aromatic rings. The Hall–Kier alpha value is -8.52. The van der Waals surface area contributed by atoms with Crippen LogP contribution >= 0.6 is 16.0 Å². The Morgan fingerprint density at radius 2 is 0.577 bits per heavy atom. The Morgan fingerprint density at radius 3 is 0.910 bits per heavy atom. The smallest absolute Gasteiger partial charge is 0.254 e. The molecule has 78 heavy (non-hydrogen) atoms. The van der Waals surface area contributed by atoms with Crippen LogP contribution in [0.4, 0.5) is 0 Å². The maximum atomic E-state index is 7.82. The highest BCUT2D eigenvalue weighted by atomic mass is 31.1. The van der Waals surface area contributed by atoms with Gasteiger partial charge in [-0.05, 0) is 164 Å². The van der Waals surface area contributed by atoms with Crippen molar-refractivity contribution >= 4 is 103 Å². The lowest BCUT2D eigenvalue weighted by molar-refractivity contribution is 0.649. The summed E-state index contributed by atoms with van der Waals surface area (Å²) in [4.78, 5) is 0. The van der Waals surface area contributed by atoms with Crippen LogP contribution in [-0.2, 0) is 25.7 Å². The van der Waals surface area contributed by atoms with Crippen molar-refractivity contribution in [3.63, 3.8) is 0 Å². The number of rotatable bonds is 5. The Labute approximate surface area is 453 Å². The van der Waals surface area contributed by atoms with Crippen molar-refractivity contribution in [1.29, 1.82) is 0 Å². The zero-order valence-electron chi connectivity index (χ0n) is 43.0. The second kappa shape index (κ2) is 18.6. The van der Waals surface area contributed by atoms with Gasteiger partial charge in [0.2, 0.25) is 0 Å². The van der Waals surface area contributed by atoms with E-state index in [4.69, 9.17) is 16.8 Å². The first kappa shape index (κ1) is 45.7. The Bertz CT molecular complexity index is 4360. The molecule has 0 N–H and O–H groups in total. The molecule has 0 bridgehead atoms. The van der Waals surface area contributed by atoms with E-state index < -0.39 is 16.0 Å². The molecule has 0 fully saturated rings. The topological polar surface area (TPSA) is 52.6 Å². The van der Waals surface area contributed by atoms with Crippen molar-refractivity contribution in [2.24, 2.45) is 0 Å². The zero-order valence-corrected chi connectivity index (χ0v) is 44.8. The van der Waals surface area contributed by atoms with Gasteiger partial charge in [0.05, 0.1) is 10.6 Å². The van der Waals surface area contributed by atoms with Gasteiger partial charge in [0, 0.05) is 43.8 Å². The first-order valence-electron chi connectivity index (χ1n) is 27.6. The van der Waals surface area contributed by atoms with E-state index in [2.05, 4.69) is 218 Å². The van der Waals surface area contributed by atoms with Crippen LogP contribution in [0, 0.1) is 0 Å². The molecule has 0 saturated carbocycles. The van der Waals surface area contributed by atoms with Gasteiger partial charge < -0.3 is 16.8 Å². The van der Waals surface area contributed by atoms with E-state index in [0.717, 1.165) is 171 Å². The number of benzene rings is 12. The summed E-state index contributed by atoms with van der Waals surface area (Å²) in [6.07, 6.45) is 8.29. The van der Waals surface area contributed by atoms with Gasteiger partial charge in [-0.2, -0.15) is 0 Å². The highest BCUT2D eigenvalue weighted by molar-refractivity contribution is 7.47. The lowest BCUT2D eigenvalue weighted by atomic mass is 9.78. The molecule has 0 aliphatic heterocycles. The minimum absolute atomic E-state index is 0.824. The van der Waals surface area contributed by atoms with Crippen LogP contribution in [0.2, 0.25) is 0 Å². The van der Waals surface area contributed by atoms with Crippen LogP contribution in [0.5, 0.6) is 0 Å². The van der Waals surface area contributed by atoms with Crippen molar-refractivity contribution < 1.29 is 16.8 Å². The van der Waals surface area contributed by atoms with E-state index in [-0.39, 0.29) is 0 Å². The predicted octanol–water partition coefficient (Wildman–Crippen LogP) is 22.2. The molecule has 2 aliphatic carbocycles. The summed E-state index contributed by atoms with van der Waals surface area (Å²) in [6, 6.07) is 79.5. The molecule has 2 heterocycles. The fraction of sp³-hybridized carbons (Fsp3) is 0.111. The Balaban J connectivity index is 1.13. The highest BCUT2D eigenvalue weighted by Crippen LogP contribution is 2.62. The van der Waals surface area contributed by atoms with E-state index in [1.165, 1.54) is 33.4 Å². The lowest BCUT2D eigenvalue weighted by Crippen LogP contribution is -2.11. The molecule has 0 saturated heterocycles. The monoisotopic (exact) mass is 1040 g/mol. The summed E-state index contributed by atoms with van der Waals surface area (Å²) in [7, 11) is -3.79. The van der Waals surface area contributed by atoms with Crippen LogP contribution in [0.3, 0.4) is 0 Å². The number of fused-ring (bicyclic) bond motifs is 16. The molecule has 0 atom stereocenters. The van der Waals surface area contributed by atoms with Gasteiger partial charge in [-0.1, -0.05) is 182 Å². The summed E-state index contributed by atoms with van der Waals surface area (Å²) in [6.45, 7) is 0. The quantitative estimate of drug-likeness (QED) is 0.172. The molecule has 374 valence electrons. The molecule has 0 radical (unpaired) electrons. The largest absolute Gasteiger partial charge is 0.416 e. The molecular weight excluding hydrogens is 991 g/mol. The minimum atomic E-state index is -1.89. The maximum Gasteiger partial charge on any atom is 0.254 e. The molecule has 0 spiro atoms. The standard InChI is InChI=1S/C72H52O4P2/c1-3-19-45(20-4-1)59-43-51-27-11-17-33-57(51)69(71(59)77-73-61-39-35-47-23-7-13-29-53(47)65(61)66-54-30-14-8-24-48(54)36-40-62(66)74-77)70-58-34-18-12-28-52(58)44-60(46-21-5-2-6-22-46)72(70)78-75-63-41-37-49-25-9-15-31-55(49)67(63)68-56-32-16-10-26-50(56)38-42-64(68)76-78/h1-10,13-16,19-26,29-32,35-44H,11-12,17-18,27-28,33-34H2. The van der Waals surface area contributed by atoms with Gasteiger partial charge in [-0.15, -0.1) is 0 Å². The first-order chi connectivity index (χ1) is 38.7. The van der Waals surface area contributed by atoms with Gasteiger partial charge in [0.1, 0.15) is 22.3 Å². The third kappa shape index (κ3) is 7.35. The molecule has 12 aromatic carbocycles. The van der Waals surface area contributed by atoms with Crippen LogP contribution in [-0.4, -0.2) is 0 Å². The van der Waals surface area contributed by atoms with E-state index in [0.29, 0.717) is 0 Å². The molecule has 4 nitrogen and oxygen atoms in total. The maximum absolute atomic E-state index is 7.82. The highest BCUT2D eigenvalue weighted by Gasteiger charge is 2.34. The van der Waals surface area contributed by atoms with Crippen molar-refractivity contribution in [3.05, 3.63) is 241 Å². The molecule has 0 amide bonds. The van der Waals surface area contributed by atoms with Crippen molar-refractivity contribution in [2.75, 3.05) is 0 Å². The number of aryl methyl sites for hydroxylation is 2. The summed E-state index contributed by atoms with van der Waals surface area (Å²) in [5.74, 6) is 0. The van der Waals surface area contributed by atoms with Crippen LogP contribution in [0.15, 0.2) is 235 Å². The van der Waals surface area contributed by atoms with Crippen LogP contribution in [0.1, 0.15) is 47.9 Å². The molecule has 2 aliphatic rings. The van der Waals surface area contributed by atoms with Crippen LogP contribution < -0.4 is 0 Å². The number of hydrogen-bond donors (Lipinski definition) is 0. The van der Waals surface area contributed by atoms with E-state index >= 15 is 0 Å². The van der Waals surface area contributed by atoms with Crippen LogP contribution in [0.25, 0.3) is 131 Å². The first-order valence-corrected chi connectivity index (χ1v) is 29.9. The van der Waals surface area contributed by atoms with Gasteiger partial charge in [-0.25, -0.2) is 0 Å². The Morgan fingerprint density at radius 1 is 0.282 bits per heavy atom. The second-order valence-corrected chi connectivity index (χ2v) is 23.9. The van der Waals surface area contributed by atoms with E-state index in [1.807, 2.05) is 0 Å². The average Bonchev–Trinajstić information content (AvgIpc) is 3.99. The fourth-order valence-electron chi connectivity index (χ4n) is 13.3. The lowest BCUT2D eigenvalue weighted by Gasteiger charge is -2.30. The van der Waals surface area contributed by atoms with E-state index in [9.17, 15) is 0 Å². The molecular formula is C72H52O4P2. The predicted molar refractivity (Wildman–Crippen MR) is 328 cm³/mol. The molecule has 6 heteroatoms. The summed E-state index contributed by atoms with van der Waals surface area (Å²) < 4.78 is 31.3. The fourth-order valence-corrected chi connectivity index (χ4v) is 16.7. The Kier molecular flexibility index (Phi) is 10.9. The van der Waals surface area contributed by atoms with Gasteiger partial charge in [0.25, 0.3) is 16.0 Å². The van der Waals surface area contributed by atoms with Gasteiger partial charge in [0.15, 0.2) is 0 Å². The normalized spacial score (nSPS) is 13.5. The summed E-state index contributed by atoms with van der Waals surface area (Å²) in [5, 5.41) is 15.7. The minimum Gasteiger partial charge on any atom is -0.416 e. The second-order valence-electron chi connectivity index (χ2n) is 21.2. The van der Waals surface area contributed by atoms with E-state index in [1.54, 1.807) is 0 Å². The van der Waals surface area contributed by atoms with Crippen molar-refractivity contribution in [3.8, 4) is 44.0 Å².